The van der Waals surface area contributed by atoms with Gasteiger partial charge in [0.15, 0.2) is 6.61 Å². The Labute approximate surface area is 201 Å². The Kier molecular flexibility index (Phi) is 9.45. The van der Waals surface area contributed by atoms with Crippen LogP contribution in [0.15, 0.2) is 42.5 Å². The Balaban J connectivity index is 1.36. The van der Waals surface area contributed by atoms with Crippen LogP contribution in [0.2, 0.25) is 0 Å². The van der Waals surface area contributed by atoms with Gasteiger partial charge in [-0.05, 0) is 87.4 Å². The van der Waals surface area contributed by atoms with Gasteiger partial charge in [0.25, 0.3) is 0 Å². The molecule has 0 unspecified atom stereocenters. The first kappa shape index (κ1) is 25.7. The van der Waals surface area contributed by atoms with E-state index in [0.29, 0.717) is 11.8 Å². The van der Waals surface area contributed by atoms with Crippen molar-refractivity contribution in [2.45, 2.75) is 58.0 Å². The van der Waals surface area contributed by atoms with Crippen LogP contribution in [0, 0.1) is 18.7 Å². The van der Waals surface area contributed by atoms with E-state index < -0.39 is 5.97 Å². The van der Waals surface area contributed by atoms with Crippen LogP contribution in [-0.4, -0.2) is 38.2 Å². The highest BCUT2D eigenvalue weighted by Gasteiger charge is 2.27. The van der Waals surface area contributed by atoms with Crippen LogP contribution in [0.4, 0.5) is 4.39 Å². The van der Waals surface area contributed by atoms with E-state index in [4.69, 9.17) is 4.74 Å². The molecule has 1 fully saturated rings. The fraction of sp³-hybridized carbons (Fsp3) is 0.481. The maximum absolute atomic E-state index is 13.1. The Morgan fingerprint density at radius 1 is 1.09 bits per heavy atom. The molecule has 1 atom stereocenters. The van der Waals surface area contributed by atoms with Crippen LogP contribution in [0.25, 0.3) is 0 Å². The van der Waals surface area contributed by atoms with Crippen molar-refractivity contribution < 1.29 is 23.5 Å². The number of ether oxygens (including phenoxy) is 2. The molecule has 1 aliphatic carbocycles. The Morgan fingerprint density at radius 2 is 1.79 bits per heavy atom. The second kappa shape index (κ2) is 12.5. The molecule has 0 radical (unpaired) electrons. The zero-order valence-electron chi connectivity index (χ0n) is 20.2. The third-order valence-corrected chi connectivity index (χ3v) is 6.49. The van der Waals surface area contributed by atoms with E-state index in [-0.39, 0.29) is 30.3 Å². The summed E-state index contributed by atoms with van der Waals surface area (Å²) in [6, 6.07) is 12.5. The molecule has 0 heterocycles. The number of esters is 1. The summed E-state index contributed by atoms with van der Waals surface area (Å²) in [5, 5.41) is 6.70. The molecule has 0 aromatic heterocycles. The lowest BCUT2D eigenvalue weighted by Gasteiger charge is -2.29. The maximum Gasteiger partial charge on any atom is 0.343 e. The van der Waals surface area contributed by atoms with Crippen LogP contribution in [-0.2, 0) is 20.7 Å². The van der Waals surface area contributed by atoms with Gasteiger partial charge in [-0.3, -0.25) is 4.79 Å². The van der Waals surface area contributed by atoms with Crippen LogP contribution in [0.5, 0.6) is 5.75 Å². The summed E-state index contributed by atoms with van der Waals surface area (Å²) in [7, 11) is 1.34. The number of amides is 1. The molecule has 7 heteroatoms. The summed E-state index contributed by atoms with van der Waals surface area (Å²) >= 11 is 0. The molecular weight excluding hydrogens is 435 g/mol. The fourth-order valence-corrected chi connectivity index (χ4v) is 4.37. The molecule has 6 nitrogen and oxygen atoms in total. The molecule has 3 rings (SSSR count). The second-order valence-electron chi connectivity index (χ2n) is 9.00. The molecular formula is C27H35FN2O4. The fourth-order valence-electron chi connectivity index (χ4n) is 4.37. The lowest BCUT2D eigenvalue weighted by Crippen LogP contribution is -2.39. The summed E-state index contributed by atoms with van der Waals surface area (Å²) in [5.41, 5.74) is 3.10. The standard InChI is InChI=1S/C27H35FN2O4/c1-18-16-20(4-13-25(18)34-17-26(31)33-3)14-15-29-24-11-7-22(8-12-24)27(32)30-19(2)21-5-9-23(28)10-6-21/h4-6,9-10,13,16,19,22,24,29H,7-8,11-12,14-15,17H2,1-3H3,(H,30,32)/t19-,22?,24?/m1/s1. The molecule has 184 valence electrons. The molecule has 0 aliphatic heterocycles. The summed E-state index contributed by atoms with van der Waals surface area (Å²) in [6.07, 6.45) is 4.58. The van der Waals surface area contributed by atoms with Crippen molar-refractivity contribution in [2.75, 3.05) is 20.3 Å². The lowest BCUT2D eigenvalue weighted by atomic mass is 9.85. The summed E-state index contributed by atoms with van der Waals surface area (Å²) in [4.78, 5) is 23.9. The van der Waals surface area contributed by atoms with Crippen LogP contribution in [0.1, 0.15) is 55.3 Å². The minimum absolute atomic E-state index is 0.0288. The number of carbonyl (C=O) groups excluding carboxylic acids is 2. The van der Waals surface area contributed by atoms with E-state index in [9.17, 15) is 14.0 Å². The van der Waals surface area contributed by atoms with E-state index in [0.717, 1.165) is 49.8 Å². The number of hydrogen-bond donors (Lipinski definition) is 2. The van der Waals surface area contributed by atoms with E-state index >= 15 is 0 Å². The molecule has 1 amide bonds. The maximum atomic E-state index is 13.1. The molecule has 2 aromatic rings. The largest absolute Gasteiger partial charge is 0.482 e. The van der Waals surface area contributed by atoms with Crippen molar-refractivity contribution in [2.24, 2.45) is 5.92 Å². The molecule has 2 aromatic carbocycles. The first-order valence-corrected chi connectivity index (χ1v) is 11.9. The van der Waals surface area contributed by atoms with Crippen molar-refractivity contribution in [3.8, 4) is 5.75 Å². The normalized spacial score (nSPS) is 18.7. The topological polar surface area (TPSA) is 76.7 Å². The van der Waals surface area contributed by atoms with Gasteiger partial charge in [0.05, 0.1) is 13.2 Å². The monoisotopic (exact) mass is 470 g/mol. The number of methoxy groups -OCH3 is 1. The van der Waals surface area contributed by atoms with E-state index in [1.54, 1.807) is 12.1 Å². The van der Waals surface area contributed by atoms with Gasteiger partial charge in [-0.1, -0.05) is 24.3 Å². The number of halogens is 1. The SMILES string of the molecule is COC(=O)COc1ccc(CCNC2CCC(C(=O)N[C@H](C)c3ccc(F)cc3)CC2)cc1C. The highest BCUT2D eigenvalue weighted by atomic mass is 19.1. The van der Waals surface area contributed by atoms with Crippen LogP contribution in [0.3, 0.4) is 0 Å². The van der Waals surface area contributed by atoms with Gasteiger partial charge in [-0.25, -0.2) is 9.18 Å². The summed E-state index contributed by atoms with van der Waals surface area (Å²) in [5.74, 6) is 0.126. The number of benzene rings is 2. The first-order valence-electron chi connectivity index (χ1n) is 11.9. The third-order valence-electron chi connectivity index (χ3n) is 6.49. The van der Waals surface area contributed by atoms with Gasteiger partial charge in [0.2, 0.25) is 5.91 Å². The Bertz CT molecular complexity index is 956. The predicted octanol–water partition coefficient (Wildman–Crippen LogP) is 4.25. The van der Waals surface area contributed by atoms with Gasteiger partial charge >= 0.3 is 5.97 Å². The van der Waals surface area contributed by atoms with Gasteiger partial charge in [-0.15, -0.1) is 0 Å². The predicted molar refractivity (Wildman–Crippen MR) is 129 cm³/mol. The molecule has 2 N–H and O–H groups in total. The van der Waals surface area contributed by atoms with E-state index in [1.807, 2.05) is 26.0 Å². The van der Waals surface area contributed by atoms with Gasteiger partial charge in [0, 0.05) is 12.0 Å². The molecule has 0 bridgehead atoms. The zero-order valence-corrected chi connectivity index (χ0v) is 20.2. The minimum Gasteiger partial charge on any atom is -0.482 e. The second-order valence-corrected chi connectivity index (χ2v) is 9.00. The van der Waals surface area contributed by atoms with Gasteiger partial charge < -0.3 is 20.1 Å². The molecule has 0 saturated heterocycles. The van der Waals surface area contributed by atoms with Crippen LogP contribution >= 0.6 is 0 Å². The third kappa shape index (κ3) is 7.55. The van der Waals surface area contributed by atoms with Crippen LogP contribution < -0.4 is 15.4 Å². The van der Waals surface area contributed by atoms with Crippen molar-refractivity contribution in [3.05, 3.63) is 65.0 Å². The Morgan fingerprint density at radius 3 is 2.44 bits per heavy atom. The average molecular weight is 471 g/mol. The molecule has 34 heavy (non-hydrogen) atoms. The van der Waals surface area contributed by atoms with Crippen molar-refractivity contribution in [1.29, 1.82) is 0 Å². The number of aryl methyl sites for hydroxylation is 1. The zero-order chi connectivity index (χ0) is 24.5. The molecule has 0 spiro atoms. The van der Waals surface area contributed by atoms with Crippen molar-refractivity contribution in [1.82, 2.24) is 10.6 Å². The summed E-state index contributed by atoms with van der Waals surface area (Å²) in [6.45, 7) is 4.67. The van der Waals surface area contributed by atoms with Gasteiger partial charge in [-0.2, -0.15) is 0 Å². The number of rotatable bonds is 10. The lowest BCUT2D eigenvalue weighted by molar-refractivity contribution is -0.142. The average Bonchev–Trinajstić information content (AvgIpc) is 2.84. The first-order chi connectivity index (χ1) is 16.4. The number of hydrogen-bond acceptors (Lipinski definition) is 5. The van der Waals surface area contributed by atoms with Gasteiger partial charge in [0.1, 0.15) is 11.6 Å². The number of nitrogens with one attached hydrogen (secondary N) is 2. The van der Waals surface area contributed by atoms with Crippen molar-refractivity contribution >= 4 is 11.9 Å². The van der Waals surface area contributed by atoms with E-state index in [1.165, 1.54) is 24.8 Å². The minimum atomic E-state index is -0.401. The molecule has 1 aliphatic rings. The smallest absolute Gasteiger partial charge is 0.343 e. The van der Waals surface area contributed by atoms with E-state index in [2.05, 4.69) is 21.4 Å². The highest BCUT2D eigenvalue weighted by molar-refractivity contribution is 5.79. The Hall–Kier alpha value is -2.93. The number of carbonyl (C=O) groups is 2. The highest BCUT2D eigenvalue weighted by Crippen LogP contribution is 2.26. The molecule has 1 saturated carbocycles. The quantitative estimate of drug-likeness (QED) is 0.508. The van der Waals surface area contributed by atoms with Crippen molar-refractivity contribution in [3.63, 3.8) is 0 Å². The summed E-state index contributed by atoms with van der Waals surface area (Å²) < 4.78 is 23.2.